The summed E-state index contributed by atoms with van der Waals surface area (Å²) in [5.41, 5.74) is 9.77. The number of rotatable bonds is 1. The van der Waals surface area contributed by atoms with Gasteiger partial charge < -0.3 is 5.73 Å². The van der Waals surface area contributed by atoms with Gasteiger partial charge in [-0.25, -0.2) is 4.98 Å². The molecule has 0 radical (unpaired) electrons. The summed E-state index contributed by atoms with van der Waals surface area (Å²) in [7, 11) is 0. The zero-order valence-corrected chi connectivity index (χ0v) is 10.9. The quantitative estimate of drug-likeness (QED) is 0.851. The van der Waals surface area contributed by atoms with Gasteiger partial charge in [-0.15, -0.1) is 0 Å². The summed E-state index contributed by atoms with van der Waals surface area (Å²) < 4.78 is 0. The Morgan fingerprint density at radius 2 is 1.83 bits per heavy atom. The van der Waals surface area contributed by atoms with E-state index in [1.807, 2.05) is 26.0 Å². The highest BCUT2D eigenvalue weighted by Crippen LogP contribution is 2.31. The van der Waals surface area contributed by atoms with Crippen molar-refractivity contribution in [3.8, 4) is 17.2 Å². The number of pyridine rings is 1. The molecule has 0 unspecified atom stereocenters. The lowest BCUT2D eigenvalue weighted by Gasteiger charge is -2.12. The van der Waals surface area contributed by atoms with Crippen molar-refractivity contribution in [3.05, 3.63) is 46.1 Å². The van der Waals surface area contributed by atoms with Gasteiger partial charge in [0.1, 0.15) is 17.5 Å². The summed E-state index contributed by atoms with van der Waals surface area (Å²) >= 11 is 5.87. The van der Waals surface area contributed by atoms with Crippen molar-refractivity contribution in [2.75, 3.05) is 5.73 Å². The number of halogens is 1. The average molecular weight is 258 g/mol. The highest BCUT2D eigenvalue weighted by molar-refractivity contribution is 6.30. The molecule has 18 heavy (non-hydrogen) atoms. The summed E-state index contributed by atoms with van der Waals surface area (Å²) in [5.74, 6) is 0.269. The third-order valence-electron chi connectivity index (χ3n) is 2.96. The summed E-state index contributed by atoms with van der Waals surface area (Å²) in [5, 5.41) is 9.90. The number of aromatic nitrogens is 1. The van der Waals surface area contributed by atoms with E-state index in [9.17, 15) is 5.26 Å². The Labute approximate surface area is 111 Å². The van der Waals surface area contributed by atoms with E-state index >= 15 is 0 Å². The summed E-state index contributed by atoms with van der Waals surface area (Å²) in [6, 6.07) is 9.47. The van der Waals surface area contributed by atoms with E-state index in [-0.39, 0.29) is 5.82 Å². The van der Waals surface area contributed by atoms with Crippen molar-refractivity contribution in [1.82, 2.24) is 4.98 Å². The van der Waals surface area contributed by atoms with Gasteiger partial charge in [-0.3, -0.25) is 0 Å². The molecule has 1 heterocycles. The van der Waals surface area contributed by atoms with E-state index in [4.69, 9.17) is 17.3 Å². The Hall–Kier alpha value is -2.05. The number of nitriles is 1. The van der Waals surface area contributed by atoms with Crippen molar-refractivity contribution < 1.29 is 0 Å². The highest BCUT2D eigenvalue weighted by Gasteiger charge is 2.15. The number of benzene rings is 1. The number of aryl methyl sites for hydroxylation is 1. The van der Waals surface area contributed by atoms with Gasteiger partial charge in [0.2, 0.25) is 0 Å². The number of hydrogen-bond donors (Lipinski definition) is 1. The highest BCUT2D eigenvalue weighted by atomic mass is 35.5. The zero-order valence-electron chi connectivity index (χ0n) is 10.2. The van der Waals surface area contributed by atoms with Gasteiger partial charge in [0, 0.05) is 16.3 Å². The summed E-state index contributed by atoms with van der Waals surface area (Å²) in [4.78, 5) is 4.18. The van der Waals surface area contributed by atoms with Gasteiger partial charge in [-0.05, 0) is 37.1 Å². The second-order valence-electron chi connectivity index (χ2n) is 4.08. The summed E-state index contributed by atoms with van der Waals surface area (Å²) in [6.45, 7) is 3.82. The molecule has 90 valence electrons. The molecule has 0 saturated carbocycles. The van der Waals surface area contributed by atoms with Gasteiger partial charge in [-0.2, -0.15) is 5.26 Å². The molecule has 0 spiro atoms. The van der Waals surface area contributed by atoms with E-state index < -0.39 is 0 Å². The molecule has 3 nitrogen and oxygen atoms in total. The van der Waals surface area contributed by atoms with Crippen molar-refractivity contribution in [1.29, 1.82) is 5.26 Å². The average Bonchev–Trinajstić information content (AvgIpc) is 2.35. The third-order valence-corrected chi connectivity index (χ3v) is 3.21. The predicted octanol–water partition coefficient (Wildman–Crippen LogP) is 3.47. The standard InChI is InChI=1S/C14H12ClN3/c1-8-9(2)18-14(17)12(7-16)13(8)10-3-5-11(15)6-4-10/h3-6H,1-2H3,(H2,17,18). The second kappa shape index (κ2) is 4.67. The minimum atomic E-state index is 0.269. The molecule has 2 aromatic rings. The van der Waals surface area contributed by atoms with Gasteiger partial charge in [0.05, 0.1) is 0 Å². The fourth-order valence-electron chi connectivity index (χ4n) is 1.91. The molecular weight excluding hydrogens is 246 g/mol. The van der Waals surface area contributed by atoms with E-state index in [0.29, 0.717) is 10.6 Å². The third kappa shape index (κ3) is 2.03. The van der Waals surface area contributed by atoms with Crippen molar-refractivity contribution in [2.45, 2.75) is 13.8 Å². The van der Waals surface area contributed by atoms with Crippen molar-refractivity contribution >= 4 is 17.4 Å². The van der Waals surface area contributed by atoms with Crippen LogP contribution >= 0.6 is 11.6 Å². The van der Waals surface area contributed by atoms with Crippen LogP contribution in [0.25, 0.3) is 11.1 Å². The van der Waals surface area contributed by atoms with Crippen LogP contribution in [0.2, 0.25) is 5.02 Å². The van der Waals surface area contributed by atoms with Crippen LogP contribution < -0.4 is 5.73 Å². The molecule has 1 aromatic carbocycles. The monoisotopic (exact) mass is 257 g/mol. The number of nitrogens with zero attached hydrogens (tertiary/aromatic N) is 2. The SMILES string of the molecule is Cc1nc(N)c(C#N)c(-c2ccc(Cl)cc2)c1C. The van der Waals surface area contributed by atoms with Crippen LogP contribution in [-0.4, -0.2) is 4.98 Å². The first-order chi connectivity index (χ1) is 8.54. The topological polar surface area (TPSA) is 62.7 Å². The fourth-order valence-corrected chi connectivity index (χ4v) is 2.03. The fraction of sp³-hybridized carbons (Fsp3) is 0.143. The van der Waals surface area contributed by atoms with E-state index in [2.05, 4.69) is 11.1 Å². The molecule has 1 aromatic heterocycles. The normalized spacial score (nSPS) is 10.1. The summed E-state index contributed by atoms with van der Waals surface area (Å²) in [6.07, 6.45) is 0. The molecule has 0 bridgehead atoms. The molecule has 0 amide bonds. The largest absolute Gasteiger partial charge is 0.383 e. The number of nitrogens with two attached hydrogens (primary N) is 1. The Kier molecular flexibility index (Phi) is 3.22. The molecule has 0 aliphatic carbocycles. The van der Waals surface area contributed by atoms with Crippen molar-refractivity contribution in [3.63, 3.8) is 0 Å². The Morgan fingerprint density at radius 1 is 1.22 bits per heavy atom. The maximum Gasteiger partial charge on any atom is 0.142 e. The van der Waals surface area contributed by atoms with Gasteiger partial charge >= 0.3 is 0 Å². The van der Waals surface area contributed by atoms with Crippen LogP contribution in [0.15, 0.2) is 24.3 Å². The van der Waals surface area contributed by atoms with Crippen LogP contribution in [0.3, 0.4) is 0 Å². The molecule has 0 aliphatic rings. The minimum Gasteiger partial charge on any atom is -0.383 e. The Morgan fingerprint density at radius 3 is 2.39 bits per heavy atom. The first-order valence-electron chi connectivity index (χ1n) is 5.47. The number of nitrogen functional groups attached to an aromatic ring is 1. The van der Waals surface area contributed by atoms with Crippen LogP contribution in [0, 0.1) is 25.2 Å². The van der Waals surface area contributed by atoms with E-state index in [1.54, 1.807) is 12.1 Å². The number of anilines is 1. The first-order valence-corrected chi connectivity index (χ1v) is 5.85. The van der Waals surface area contributed by atoms with E-state index in [0.717, 1.165) is 22.4 Å². The minimum absolute atomic E-state index is 0.269. The lowest BCUT2D eigenvalue weighted by atomic mass is 9.95. The second-order valence-corrected chi connectivity index (χ2v) is 4.51. The Bertz CT molecular complexity index is 640. The van der Waals surface area contributed by atoms with E-state index in [1.165, 1.54) is 0 Å². The molecule has 0 atom stereocenters. The van der Waals surface area contributed by atoms with Gasteiger partial charge in [-0.1, -0.05) is 23.7 Å². The molecule has 2 rings (SSSR count). The lowest BCUT2D eigenvalue weighted by molar-refractivity contribution is 1.15. The van der Waals surface area contributed by atoms with Crippen LogP contribution in [0.4, 0.5) is 5.82 Å². The maximum atomic E-state index is 9.23. The van der Waals surface area contributed by atoms with Gasteiger partial charge in [0.15, 0.2) is 0 Å². The Balaban J connectivity index is 2.77. The predicted molar refractivity (Wildman–Crippen MR) is 73.3 cm³/mol. The molecule has 0 saturated heterocycles. The molecule has 0 aliphatic heterocycles. The van der Waals surface area contributed by atoms with Crippen LogP contribution in [0.1, 0.15) is 16.8 Å². The first kappa shape index (κ1) is 12.4. The van der Waals surface area contributed by atoms with Crippen LogP contribution in [-0.2, 0) is 0 Å². The van der Waals surface area contributed by atoms with Crippen molar-refractivity contribution in [2.24, 2.45) is 0 Å². The zero-order chi connectivity index (χ0) is 13.3. The molecular formula is C14H12ClN3. The molecule has 2 N–H and O–H groups in total. The molecule has 0 fully saturated rings. The lowest BCUT2D eigenvalue weighted by Crippen LogP contribution is -2.02. The van der Waals surface area contributed by atoms with Gasteiger partial charge in [0.25, 0.3) is 0 Å². The number of hydrogen-bond acceptors (Lipinski definition) is 3. The smallest absolute Gasteiger partial charge is 0.142 e. The maximum absolute atomic E-state index is 9.23. The van der Waals surface area contributed by atoms with Crippen LogP contribution in [0.5, 0.6) is 0 Å². The molecule has 4 heteroatoms.